The first-order valence-electron chi connectivity index (χ1n) is 9.71. The molecule has 3 fully saturated rings. The Morgan fingerprint density at radius 1 is 1.29 bits per heavy atom. The van der Waals surface area contributed by atoms with Crippen molar-refractivity contribution in [2.75, 3.05) is 33.0 Å². The molecule has 0 aliphatic carbocycles. The van der Waals surface area contributed by atoms with Crippen LogP contribution in [-0.2, 0) is 17.1 Å². The molecule has 1 unspecified atom stereocenters. The number of benzene rings is 1. The van der Waals surface area contributed by atoms with Crippen molar-refractivity contribution in [2.24, 2.45) is 13.0 Å². The number of piperidine rings is 3. The molecule has 152 valence electrons. The second-order valence-electron chi connectivity index (χ2n) is 7.97. The van der Waals surface area contributed by atoms with Gasteiger partial charge in [0, 0.05) is 43.4 Å². The van der Waals surface area contributed by atoms with E-state index in [1.54, 1.807) is 7.11 Å². The van der Waals surface area contributed by atoms with E-state index in [9.17, 15) is 8.42 Å². The van der Waals surface area contributed by atoms with Gasteiger partial charge in [-0.15, -0.1) is 0 Å². The van der Waals surface area contributed by atoms with Gasteiger partial charge in [-0.1, -0.05) is 0 Å². The largest absolute Gasteiger partial charge is 0.497 e. The molecule has 2 bridgehead atoms. The van der Waals surface area contributed by atoms with Crippen molar-refractivity contribution in [2.45, 2.75) is 24.8 Å². The highest BCUT2D eigenvalue weighted by molar-refractivity contribution is 7.88. The standard InChI is InChI=1S/C20H28N4O3S/c1-23-20(11-19(22-23)14-4-6-17(27-2)7-5-14)18-13-24-9-8-15(18)10-16(24)12-21-28(3,25)26/h4-7,11,15-16,18,21H,8-10,12-13H2,1-3H3/t15-,16+,18-/m0/s1. The summed E-state index contributed by atoms with van der Waals surface area (Å²) in [4.78, 5) is 2.43. The van der Waals surface area contributed by atoms with E-state index in [1.165, 1.54) is 11.9 Å². The lowest BCUT2D eigenvalue weighted by atomic mass is 9.74. The lowest BCUT2D eigenvalue weighted by Gasteiger charge is -2.49. The average Bonchev–Trinajstić information content (AvgIpc) is 3.08. The third-order valence-corrected chi connectivity index (χ3v) is 6.83. The summed E-state index contributed by atoms with van der Waals surface area (Å²) in [6.07, 6.45) is 3.40. The van der Waals surface area contributed by atoms with E-state index >= 15 is 0 Å². The van der Waals surface area contributed by atoms with E-state index in [2.05, 4.69) is 15.7 Å². The first-order chi connectivity index (χ1) is 13.3. The number of sulfonamides is 1. The lowest BCUT2D eigenvalue weighted by Crippen LogP contribution is -2.56. The molecular formula is C20H28N4O3S. The molecule has 4 atom stereocenters. The summed E-state index contributed by atoms with van der Waals surface area (Å²) in [5.41, 5.74) is 3.32. The van der Waals surface area contributed by atoms with Crippen molar-refractivity contribution >= 4 is 10.0 Å². The predicted octanol–water partition coefficient (Wildman–Crippen LogP) is 1.82. The molecule has 1 aromatic heterocycles. The Kier molecular flexibility index (Phi) is 5.20. The van der Waals surface area contributed by atoms with E-state index in [0.29, 0.717) is 24.4 Å². The zero-order chi connectivity index (χ0) is 19.9. The van der Waals surface area contributed by atoms with Crippen molar-refractivity contribution in [1.82, 2.24) is 19.4 Å². The number of hydrogen-bond donors (Lipinski definition) is 1. The topological polar surface area (TPSA) is 76.5 Å². The summed E-state index contributed by atoms with van der Waals surface area (Å²) < 4.78 is 32.8. The van der Waals surface area contributed by atoms with Crippen LogP contribution in [0.1, 0.15) is 24.5 Å². The second-order valence-corrected chi connectivity index (χ2v) is 9.80. The molecular weight excluding hydrogens is 376 g/mol. The van der Waals surface area contributed by atoms with Crippen molar-refractivity contribution in [3.05, 3.63) is 36.0 Å². The van der Waals surface area contributed by atoms with Crippen molar-refractivity contribution in [3.8, 4) is 17.0 Å². The van der Waals surface area contributed by atoms with Gasteiger partial charge < -0.3 is 4.74 Å². The first-order valence-corrected chi connectivity index (χ1v) is 11.6. The molecule has 1 aromatic carbocycles. The van der Waals surface area contributed by atoms with E-state index in [4.69, 9.17) is 9.84 Å². The van der Waals surface area contributed by atoms with Crippen LogP contribution in [0.3, 0.4) is 0 Å². The summed E-state index contributed by atoms with van der Waals surface area (Å²) >= 11 is 0. The number of nitrogens with zero attached hydrogens (tertiary/aromatic N) is 3. The number of hydrogen-bond acceptors (Lipinski definition) is 5. The molecule has 28 heavy (non-hydrogen) atoms. The number of rotatable bonds is 6. The van der Waals surface area contributed by atoms with E-state index in [-0.39, 0.29) is 0 Å². The van der Waals surface area contributed by atoms with Gasteiger partial charge in [-0.2, -0.15) is 5.10 Å². The Morgan fingerprint density at radius 2 is 2.04 bits per heavy atom. The van der Waals surface area contributed by atoms with Crippen LogP contribution >= 0.6 is 0 Å². The highest BCUT2D eigenvalue weighted by Crippen LogP contribution is 2.42. The van der Waals surface area contributed by atoms with Gasteiger partial charge in [0.25, 0.3) is 0 Å². The average molecular weight is 405 g/mol. The Hall–Kier alpha value is -1.90. The molecule has 5 rings (SSSR count). The molecule has 8 heteroatoms. The van der Waals surface area contributed by atoms with Crippen LogP contribution in [0.2, 0.25) is 0 Å². The monoisotopic (exact) mass is 404 g/mol. The van der Waals surface area contributed by atoms with Crippen molar-refractivity contribution in [1.29, 1.82) is 0 Å². The maximum absolute atomic E-state index is 11.4. The Morgan fingerprint density at radius 3 is 2.64 bits per heavy atom. The van der Waals surface area contributed by atoms with Crippen LogP contribution in [-0.4, -0.2) is 62.1 Å². The van der Waals surface area contributed by atoms with E-state index in [0.717, 1.165) is 42.9 Å². The molecule has 0 amide bonds. The molecule has 3 aliphatic rings. The van der Waals surface area contributed by atoms with Crippen molar-refractivity contribution < 1.29 is 13.2 Å². The van der Waals surface area contributed by atoms with E-state index < -0.39 is 10.0 Å². The first kappa shape index (κ1) is 19.4. The fraction of sp³-hybridized carbons (Fsp3) is 0.550. The van der Waals surface area contributed by atoms with Gasteiger partial charge in [-0.25, -0.2) is 13.1 Å². The summed E-state index contributed by atoms with van der Waals surface area (Å²) in [7, 11) is 0.538. The highest BCUT2D eigenvalue weighted by Gasteiger charge is 2.41. The fourth-order valence-electron chi connectivity index (χ4n) is 4.66. The number of nitrogens with one attached hydrogen (secondary N) is 1. The smallest absolute Gasteiger partial charge is 0.208 e. The van der Waals surface area contributed by atoms with Crippen LogP contribution in [0.25, 0.3) is 11.3 Å². The van der Waals surface area contributed by atoms with Crippen molar-refractivity contribution in [3.63, 3.8) is 0 Å². The van der Waals surface area contributed by atoms with Crippen LogP contribution in [0.5, 0.6) is 5.75 Å². The maximum atomic E-state index is 11.4. The number of methoxy groups -OCH3 is 1. The SMILES string of the molecule is COc1ccc(-c2cc([C@H]3CN4CC[C@H]3C[C@@H]4CNS(C)(=O)=O)n(C)n2)cc1. The molecule has 0 radical (unpaired) electrons. The quantitative estimate of drug-likeness (QED) is 0.795. The number of ether oxygens (including phenoxy) is 1. The summed E-state index contributed by atoms with van der Waals surface area (Å²) in [5, 5.41) is 4.75. The summed E-state index contributed by atoms with van der Waals surface area (Å²) in [6, 6.07) is 10.5. The Balaban J connectivity index is 1.50. The molecule has 0 saturated carbocycles. The van der Waals surface area contributed by atoms with Gasteiger partial charge >= 0.3 is 0 Å². The van der Waals surface area contributed by atoms with Gasteiger partial charge in [0.1, 0.15) is 5.75 Å². The molecule has 3 aliphatic heterocycles. The van der Waals surface area contributed by atoms with E-state index in [1.807, 2.05) is 36.0 Å². The molecule has 3 saturated heterocycles. The zero-order valence-electron chi connectivity index (χ0n) is 16.6. The molecule has 4 heterocycles. The highest BCUT2D eigenvalue weighted by atomic mass is 32.2. The minimum absolute atomic E-state index is 0.291. The minimum atomic E-state index is -3.14. The maximum Gasteiger partial charge on any atom is 0.208 e. The number of fused-ring (bicyclic) bond motifs is 3. The molecule has 0 spiro atoms. The second kappa shape index (κ2) is 7.50. The van der Waals surface area contributed by atoms with Gasteiger partial charge in [-0.05, 0) is 55.6 Å². The van der Waals surface area contributed by atoms with Gasteiger partial charge in [0.2, 0.25) is 10.0 Å². The van der Waals surface area contributed by atoms with Crippen LogP contribution in [0, 0.1) is 5.92 Å². The zero-order valence-corrected chi connectivity index (χ0v) is 17.4. The van der Waals surface area contributed by atoms with Gasteiger partial charge in [0.15, 0.2) is 0 Å². The Labute approximate surface area is 166 Å². The normalized spacial score (nSPS) is 27.1. The summed E-state index contributed by atoms with van der Waals surface area (Å²) in [6.45, 7) is 2.51. The minimum Gasteiger partial charge on any atom is -0.497 e. The molecule has 2 aromatic rings. The third kappa shape index (κ3) is 3.94. The molecule has 7 nitrogen and oxygen atoms in total. The lowest BCUT2D eigenvalue weighted by molar-refractivity contribution is 0.0306. The number of aromatic nitrogens is 2. The fourth-order valence-corrected chi connectivity index (χ4v) is 5.16. The molecule has 1 N–H and O–H groups in total. The van der Waals surface area contributed by atoms with Gasteiger partial charge in [-0.3, -0.25) is 9.58 Å². The third-order valence-electron chi connectivity index (χ3n) is 6.14. The van der Waals surface area contributed by atoms with Gasteiger partial charge in [0.05, 0.1) is 19.1 Å². The Bertz CT molecular complexity index is 939. The predicted molar refractivity (Wildman–Crippen MR) is 109 cm³/mol. The number of aryl methyl sites for hydroxylation is 1. The summed E-state index contributed by atoms with van der Waals surface area (Å²) in [5.74, 6) is 1.84. The van der Waals surface area contributed by atoms with Crippen LogP contribution < -0.4 is 9.46 Å². The van der Waals surface area contributed by atoms with Crippen LogP contribution in [0.15, 0.2) is 30.3 Å². The van der Waals surface area contributed by atoms with Crippen LogP contribution in [0.4, 0.5) is 0 Å².